The Morgan fingerprint density at radius 1 is 1.40 bits per heavy atom. The zero-order valence-electron chi connectivity index (χ0n) is 5.46. The number of rotatable bonds is 1. The summed E-state index contributed by atoms with van der Waals surface area (Å²) in [4.78, 5) is 0. The van der Waals surface area contributed by atoms with Crippen molar-refractivity contribution in [2.24, 2.45) is 0 Å². The molecule has 46 valence electrons. The predicted molar refractivity (Wildman–Crippen MR) is 41.4 cm³/mol. The van der Waals surface area contributed by atoms with Crippen molar-refractivity contribution in [3.8, 4) is 5.92 Å². The minimum atomic E-state index is 0.727. The summed E-state index contributed by atoms with van der Waals surface area (Å²) in [7, 11) is 0. The Hall–Kier alpha value is -1.48. The van der Waals surface area contributed by atoms with E-state index < -0.39 is 0 Å². The normalized spacial score (nSPS) is 8.30. The van der Waals surface area contributed by atoms with Gasteiger partial charge in [0.25, 0.3) is 0 Å². The van der Waals surface area contributed by atoms with E-state index in [1.54, 1.807) is 6.07 Å². The highest BCUT2D eigenvalue weighted by atomic mass is 13.9. The highest BCUT2D eigenvalue weighted by Gasteiger charge is 1.90. The van der Waals surface area contributed by atoms with Gasteiger partial charge in [-0.15, -0.1) is 0 Å². The lowest BCUT2D eigenvalue weighted by Gasteiger charge is -1.94. The smallest absolute Gasteiger partial charge is 0.0327 e. The Kier molecular flexibility index (Phi) is 1.92. The van der Waals surface area contributed by atoms with E-state index in [0.29, 0.717) is 0 Å². The largest absolute Gasteiger partial charge is 0.0616 e. The second-order valence-corrected chi connectivity index (χ2v) is 1.88. The van der Waals surface area contributed by atoms with Gasteiger partial charge in [-0.2, -0.15) is 0 Å². The van der Waals surface area contributed by atoms with E-state index in [0.717, 1.165) is 11.1 Å². The maximum absolute atomic E-state index is 6.86. The molecule has 1 aromatic rings. The summed E-state index contributed by atoms with van der Waals surface area (Å²) in [6.45, 7) is 5.28. The van der Waals surface area contributed by atoms with Crippen LogP contribution in [0.2, 0.25) is 0 Å². The van der Waals surface area contributed by atoms with Crippen LogP contribution in [0.4, 0.5) is 0 Å². The minimum absolute atomic E-state index is 0.727. The molecule has 0 N–H and O–H groups in total. The Bertz CT molecular complexity index is 276. The van der Waals surface area contributed by atoms with Gasteiger partial charge in [0, 0.05) is 5.56 Å². The molecule has 0 heteroatoms. The average molecular weight is 126 g/mol. The molecule has 0 saturated carbocycles. The molecule has 0 fully saturated rings. The first-order chi connectivity index (χ1) is 4.88. The Labute approximate surface area is 61.2 Å². The molecule has 0 aromatic heterocycles. The van der Waals surface area contributed by atoms with Gasteiger partial charge in [0.05, 0.1) is 0 Å². The first kappa shape index (κ1) is 6.64. The quantitative estimate of drug-likeness (QED) is 0.505. The second-order valence-electron chi connectivity index (χ2n) is 1.88. The molecule has 0 aliphatic heterocycles. The molecule has 0 nitrogen and oxygen atoms in total. The minimum Gasteiger partial charge on any atom is -0.0616 e. The van der Waals surface area contributed by atoms with Gasteiger partial charge in [-0.3, -0.25) is 0 Å². The summed E-state index contributed by atoms with van der Waals surface area (Å²) in [6.07, 6.45) is 8.33. The van der Waals surface area contributed by atoms with Crippen molar-refractivity contribution in [2.75, 3.05) is 0 Å². The van der Waals surface area contributed by atoms with Crippen molar-refractivity contribution in [3.63, 3.8) is 0 Å². The molecule has 1 rings (SSSR count). The van der Waals surface area contributed by atoms with Crippen LogP contribution in [0.3, 0.4) is 0 Å². The SMILES string of the molecule is [C]#Cc1ccccc1C=[CH]. The topological polar surface area (TPSA) is 0 Å². The van der Waals surface area contributed by atoms with Crippen LogP contribution >= 0.6 is 0 Å². The molecule has 2 radical (unpaired) electrons. The maximum atomic E-state index is 6.86. The molecule has 0 amide bonds. The van der Waals surface area contributed by atoms with Crippen molar-refractivity contribution in [1.29, 1.82) is 0 Å². The summed E-state index contributed by atoms with van der Waals surface area (Å²) < 4.78 is 0. The molecule has 0 spiro atoms. The number of hydrogen-bond acceptors (Lipinski definition) is 0. The van der Waals surface area contributed by atoms with Crippen LogP contribution in [-0.2, 0) is 0 Å². The van der Waals surface area contributed by atoms with E-state index in [-0.39, 0.29) is 0 Å². The molecule has 1 aromatic carbocycles. The van der Waals surface area contributed by atoms with Gasteiger partial charge in [-0.05, 0) is 18.1 Å². The fourth-order valence-corrected chi connectivity index (χ4v) is 0.756. The monoisotopic (exact) mass is 126 g/mol. The van der Waals surface area contributed by atoms with Gasteiger partial charge < -0.3 is 0 Å². The van der Waals surface area contributed by atoms with Gasteiger partial charge in [-0.1, -0.05) is 36.8 Å². The lowest BCUT2D eigenvalue weighted by atomic mass is 10.1. The zero-order chi connectivity index (χ0) is 7.40. The molecular formula is C10H6. The third-order valence-corrected chi connectivity index (χ3v) is 1.28. The summed E-state index contributed by atoms with van der Waals surface area (Å²) >= 11 is 0. The molecular weight excluding hydrogens is 120 g/mol. The van der Waals surface area contributed by atoms with Gasteiger partial charge in [-0.25, -0.2) is 0 Å². The van der Waals surface area contributed by atoms with Gasteiger partial charge in [0.1, 0.15) is 0 Å². The first-order valence-corrected chi connectivity index (χ1v) is 2.95. The van der Waals surface area contributed by atoms with Gasteiger partial charge >= 0.3 is 0 Å². The standard InChI is InChI=1S/C10H6/c1-3-9-7-5-6-8-10(9)4-2/h1,3,5-8H. The third kappa shape index (κ3) is 1.09. The van der Waals surface area contributed by atoms with Crippen LogP contribution in [-0.4, -0.2) is 0 Å². The number of hydrogen-bond donors (Lipinski definition) is 0. The Morgan fingerprint density at radius 3 is 2.60 bits per heavy atom. The molecule has 0 saturated heterocycles. The fourth-order valence-electron chi connectivity index (χ4n) is 0.756. The van der Waals surface area contributed by atoms with E-state index in [9.17, 15) is 0 Å². The Balaban J connectivity index is 3.24. The molecule has 10 heavy (non-hydrogen) atoms. The van der Waals surface area contributed by atoms with Crippen LogP contribution in [0, 0.1) is 18.9 Å². The predicted octanol–water partition coefficient (Wildman–Crippen LogP) is 2.07. The van der Waals surface area contributed by atoms with Crippen LogP contribution in [0.1, 0.15) is 11.1 Å². The van der Waals surface area contributed by atoms with Crippen molar-refractivity contribution in [1.82, 2.24) is 0 Å². The van der Waals surface area contributed by atoms with E-state index in [1.807, 2.05) is 18.2 Å². The molecule has 0 atom stereocenters. The summed E-state index contributed by atoms with van der Waals surface area (Å²) in [5.74, 6) is 2.29. The van der Waals surface area contributed by atoms with Crippen LogP contribution < -0.4 is 0 Å². The molecule has 0 unspecified atom stereocenters. The van der Waals surface area contributed by atoms with Gasteiger partial charge in [0.2, 0.25) is 0 Å². The van der Waals surface area contributed by atoms with Crippen molar-refractivity contribution >= 4 is 6.08 Å². The van der Waals surface area contributed by atoms with Crippen molar-refractivity contribution < 1.29 is 0 Å². The van der Waals surface area contributed by atoms with E-state index in [1.165, 1.54) is 6.08 Å². The summed E-state index contributed by atoms with van der Waals surface area (Å²) in [6, 6.07) is 7.37. The van der Waals surface area contributed by atoms with E-state index in [2.05, 4.69) is 5.92 Å². The summed E-state index contributed by atoms with van der Waals surface area (Å²) in [5.41, 5.74) is 1.57. The maximum Gasteiger partial charge on any atom is 0.0327 e. The molecule has 0 bridgehead atoms. The van der Waals surface area contributed by atoms with E-state index in [4.69, 9.17) is 13.0 Å². The van der Waals surface area contributed by atoms with Crippen LogP contribution in [0.15, 0.2) is 24.3 Å². The third-order valence-electron chi connectivity index (χ3n) is 1.28. The lowest BCUT2D eigenvalue weighted by molar-refractivity contribution is 1.60. The van der Waals surface area contributed by atoms with Crippen molar-refractivity contribution in [2.45, 2.75) is 0 Å². The molecule has 0 heterocycles. The molecule has 0 aliphatic carbocycles. The van der Waals surface area contributed by atoms with Crippen LogP contribution in [0.25, 0.3) is 6.08 Å². The molecule has 0 aliphatic rings. The first-order valence-electron chi connectivity index (χ1n) is 2.95. The van der Waals surface area contributed by atoms with E-state index >= 15 is 0 Å². The highest BCUT2D eigenvalue weighted by molar-refractivity contribution is 5.55. The zero-order valence-corrected chi connectivity index (χ0v) is 5.46. The van der Waals surface area contributed by atoms with Crippen LogP contribution in [0.5, 0.6) is 0 Å². The Morgan fingerprint density at radius 2 is 2.10 bits per heavy atom. The second kappa shape index (κ2) is 2.89. The number of benzene rings is 1. The van der Waals surface area contributed by atoms with Crippen molar-refractivity contribution in [3.05, 3.63) is 48.4 Å². The highest BCUT2D eigenvalue weighted by Crippen LogP contribution is 2.07. The lowest BCUT2D eigenvalue weighted by Crippen LogP contribution is -1.77. The fraction of sp³-hybridized carbons (Fsp3) is 0. The average Bonchev–Trinajstić information content (AvgIpc) is 2.04. The summed E-state index contributed by atoms with van der Waals surface area (Å²) in [5, 5.41) is 0. The van der Waals surface area contributed by atoms with Gasteiger partial charge in [0.15, 0.2) is 0 Å².